The molecule has 1 aromatic heterocycles. The van der Waals surface area contributed by atoms with Gasteiger partial charge in [0.05, 0.1) is 0 Å². The number of rotatable bonds is 9. The Morgan fingerprint density at radius 1 is 1.31 bits per heavy atom. The number of nitrogens with zero attached hydrogens (tertiary/aromatic N) is 2. The van der Waals surface area contributed by atoms with E-state index in [1.54, 1.807) is 4.90 Å². The van der Waals surface area contributed by atoms with E-state index in [-0.39, 0.29) is 40.1 Å². The van der Waals surface area contributed by atoms with Crippen molar-refractivity contribution in [3.63, 3.8) is 0 Å². The standard InChI is InChI=1S/C20H23F2N5O4S/c1-11-5-6-12(16(22)15(11)21)10-31-18-14(17(23)29)19(32-26-18)25-20(30)24-7-3-9-27-8-2-4-13(27)28/h5-6H,2-4,7-10H2,1H3,(H2,23,29)(H2,24,25,30). The number of hydrogen-bond donors (Lipinski definition) is 3. The van der Waals surface area contributed by atoms with Gasteiger partial charge in [-0.25, -0.2) is 13.6 Å². The highest BCUT2D eigenvalue weighted by molar-refractivity contribution is 7.11. The molecule has 1 fully saturated rings. The highest BCUT2D eigenvalue weighted by atomic mass is 32.1. The lowest BCUT2D eigenvalue weighted by molar-refractivity contribution is -0.127. The fourth-order valence-electron chi connectivity index (χ4n) is 3.18. The van der Waals surface area contributed by atoms with Crippen LogP contribution >= 0.6 is 11.5 Å². The van der Waals surface area contributed by atoms with Crippen LogP contribution in [0.15, 0.2) is 12.1 Å². The number of hydrogen-bond acceptors (Lipinski definition) is 6. The zero-order chi connectivity index (χ0) is 23.3. The number of carbonyl (C=O) groups is 3. The van der Waals surface area contributed by atoms with Gasteiger partial charge < -0.3 is 20.7 Å². The summed E-state index contributed by atoms with van der Waals surface area (Å²) in [5.41, 5.74) is 5.32. The van der Waals surface area contributed by atoms with E-state index < -0.39 is 23.6 Å². The first-order valence-electron chi connectivity index (χ1n) is 9.96. The number of benzene rings is 1. The third kappa shape index (κ3) is 5.49. The quantitative estimate of drug-likeness (QED) is 0.489. The van der Waals surface area contributed by atoms with Crippen molar-refractivity contribution in [1.29, 1.82) is 0 Å². The molecule has 1 saturated heterocycles. The van der Waals surface area contributed by atoms with Crippen LogP contribution in [0.25, 0.3) is 0 Å². The number of aryl methyl sites for hydroxylation is 1. The third-order valence-corrected chi connectivity index (χ3v) is 5.66. The number of primary amides is 1. The van der Waals surface area contributed by atoms with Crippen molar-refractivity contribution >= 4 is 34.4 Å². The summed E-state index contributed by atoms with van der Waals surface area (Å²) in [6, 6.07) is 2.19. The zero-order valence-corrected chi connectivity index (χ0v) is 18.2. The monoisotopic (exact) mass is 467 g/mol. The minimum atomic E-state index is -1.05. The molecule has 4 amide bonds. The number of nitrogens with two attached hydrogens (primary N) is 1. The summed E-state index contributed by atoms with van der Waals surface area (Å²) in [5, 5.41) is 5.18. The zero-order valence-electron chi connectivity index (χ0n) is 17.4. The molecule has 1 aliphatic rings. The van der Waals surface area contributed by atoms with E-state index in [0.717, 1.165) is 24.5 Å². The van der Waals surface area contributed by atoms with Gasteiger partial charge in [0.1, 0.15) is 17.2 Å². The number of ether oxygens (including phenoxy) is 1. The first-order valence-corrected chi connectivity index (χ1v) is 10.7. The van der Waals surface area contributed by atoms with E-state index in [1.807, 2.05) is 0 Å². The van der Waals surface area contributed by atoms with Crippen LogP contribution in [0.1, 0.15) is 40.7 Å². The Balaban J connectivity index is 1.56. The van der Waals surface area contributed by atoms with E-state index in [1.165, 1.54) is 19.1 Å². The molecule has 32 heavy (non-hydrogen) atoms. The summed E-state index contributed by atoms with van der Waals surface area (Å²) in [6.07, 6.45) is 1.99. The molecular formula is C20H23F2N5O4S. The second-order valence-electron chi connectivity index (χ2n) is 7.23. The van der Waals surface area contributed by atoms with E-state index in [9.17, 15) is 23.2 Å². The summed E-state index contributed by atoms with van der Waals surface area (Å²) < 4.78 is 37.1. The van der Waals surface area contributed by atoms with E-state index in [4.69, 9.17) is 10.5 Å². The van der Waals surface area contributed by atoms with Gasteiger partial charge in [0, 0.05) is 31.6 Å². The molecule has 0 saturated carbocycles. The molecule has 2 aromatic rings. The number of halogens is 2. The van der Waals surface area contributed by atoms with Crippen molar-refractivity contribution in [3.05, 3.63) is 40.5 Å². The first kappa shape index (κ1) is 23.4. The average Bonchev–Trinajstić information content (AvgIpc) is 3.34. The Hall–Kier alpha value is -3.28. The molecule has 1 aliphatic heterocycles. The van der Waals surface area contributed by atoms with Crippen molar-refractivity contribution < 1.29 is 27.9 Å². The van der Waals surface area contributed by atoms with Crippen molar-refractivity contribution in [2.75, 3.05) is 25.0 Å². The maximum atomic E-state index is 14.0. The molecule has 3 rings (SSSR count). The Bertz CT molecular complexity index is 1030. The van der Waals surface area contributed by atoms with Crippen LogP contribution in [-0.2, 0) is 11.4 Å². The van der Waals surface area contributed by atoms with Crippen molar-refractivity contribution in [3.8, 4) is 5.88 Å². The number of nitrogens with one attached hydrogen (secondary N) is 2. The van der Waals surface area contributed by atoms with Crippen LogP contribution in [0, 0.1) is 18.6 Å². The predicted octanol–water partition coefficient (Wildman–Crippen LogP) is 2.54. The van der Waals surface area contributed by atoms with Gasteiger partial charge in [0.15, 0.2) is 11.6 Å². The molecule has 4 N–H and O–H groups in total. The number of urea groups is 1. The molecule has 0 spiro atoms. The summed E-state index contributed by atoms with van der Waals surface area (Å²) in [6.45, 7) is 2.66. The normalized spacial score (nSPS) is 13.3. The first-order chi connectivity index (χ1) is 15.3. The van der Waals surface area contributed by atoms with Crippen LogP contribution in [0.5, 0.6) is 5.88 Å². The van der Waals surface area contributed by atoms with Gasteiger partial charge in [0.25, 0.3) is 5.91 Å². The van der Waals surface area contributed by atoms with Crippen LogP contribution in [-0.4, -0.2) is 46.8 Å². The van der Waals surface area contributed by atoms with Gasteiger partial charge in [0.2, 0.25) is 11.8 Å². The molecule has 9 nitrogen and oxygen atoms in total. The topological polar surface area (TPSA) is 127 Å². The average molecular weight is 467 g/mol. The highest BCUT2D eigenvalue weighted by Crippen LogP contribution is 2.31. The Morgan fingerprint density at radius 3 is 2.78 bits per heavy atom. The van der Waals surface area contributed by atoms with Crippen molar-refractivity contribution in [2.24, 2.45) is 5.73 Å². The number of aromatic nitrogens is 1. The summed E-state index contributed by atoms with van der Waals surface area (Å²) in [7, 11) is 0. The Morgan fingerprint density at radius 2 is 2.09 bits per heavy atom. The second-order valence-corrected chi connectivity index (χ2v) is 8.01. The van der Waals surface area contributed by atoms with Crippen LogP contribution < -0.4 is 21.1 Å². The van der Waals surface area contributed by atoms with Gasteiger partial charge >= 0.3 is 6.03 Å². The minimum absolute atomic E-state index is 0.0553. The lowest BCUT2D eigenvalue weighted by atomic mass is 10.1. The van der Waals surface area contributed by atoms with Gasteiger partial charge in [-0.1, -0.05) is 12.1 Å². The van der Waals surface area contributed by atoms with Crippen molar-refractivity contribution in [2.45, 2.75) is 32.8 Å². The predicted molar refractivity (Wildman–Crippen MR) is 114 cm³/mol. The maximum Gasteiger partial charge on any atom is 0.319 e. The molecule has 0 aliphatic carbocycles. The third-order valence-electron chi connectivity index (χ3n) is 4.92. The van der Waals surface area contributed by atoms with E-state index >= 15 is 0 Å². The molecule has 0 unspecified atom stereocenters. The molecule has 0 radical (unpaired) electrons. The fourth-order valence-corrected chi connectivity index (χ4v) is 3.92. The number of carbonyl (C=O) groups excluding carboxylic acids is 3. The molecular weight excluding hydrogens is 444 g/mol. The molecule has 2 heterocycles. The summed E-state index contributed by atoms with van der Waals surface area (Å²) >= 11 is 0.769. The SMILES string of the molecule is Cc1ccc(COc2nsc(NC(=O)NCCCN3CCCC3=O)c2C(N)=O)c(F)c1F. The molecule has 172 valence electrons. The Kier molecular flexibility index (Phi) is 7.57. The number of anilines is 1. The molecule has 1 aromatic carbocycles. The maximum absolute atomic E-state index is 14.0. The van der Waals surface area contributed by atoms with Crippen molar-refractivity contribution in [1.82, 2.24) is 14.6 Å². The van der Waals surface area contributed by atoms with Crippen LogP contribution in [0.3, 0.4) is 0 Å². The van der Waals surface area contributed by atoms with Crippen LogP contribution in [0.2, 0.25) is 0 Å². The Labute approximate surface area is 187 Å². The van der Waals surface area contributed by atoms with Gasteiger partial charge in [-0.05, 0) is 36.9 Å². The van der Waals surface area contributed by atoms with E-state index in [2.05, 4.69) is 15.0 Å². The van der Waals surface area contributed by atoms with Gasteiger partial charge in [-0.3, -0.25) is 14.9 Å². The highest BCUT2D eigenvalue weighted by Gasteiger charge is 2.23. The lowest BCUT2D eigenvalue weighted by Crippen LogP contribution is -2.33. The molecule has 0 atom stereocenters. The summed E-state index contributed by atoms with van der Waals surface area (Å²) in [4.78, 5) is 37.3. The lowest BCUT2D eigenvalue weighted by Gasteiger charge is -2.15. The van der Waals surface area contributed by atoms with E-state index in [0.29, 0.717) is 25.9 Å². The number of likely N-dealkylation sites (tertiary alicyclic amines) is 1. The molecule has 12 heteroatoms. The molecule has 0 bridgehead atoms. The summed E-state index contributed by atoms with van der Waals surface area (Å²) in [5.74, 6) is -2.99. The number of amides is 4. The second kappa shape index (κ2) is 10.4. The fraction of sp³-hybridized carbons (Fsp3) is 0.400. The largest absolute Gasteiger partial charge is 0.471 e. The van der Waals surface area contributed by atoms with Crippen LogP contribution in [0.4, 0.5) is 18.6 Å². The van der Waals surface area contributed by atoms with Gasteiger partial charge in [-0.15, -0.1) is 0 Å². The smallest absolute Gasteiger partial charge is 0.319 e. The van der Waals surface area contributed by atoms with Gasteiger partial charge in [-0.2, -0.15) is 4.37 Å². The minimum Gasteiger partial charge on any atom is -0.471 e.